The Morgan fingerprint density at radius 3 is 2.08 bits per heavy atom. The molecule has 2 aromatic rings. The Labute approximate surface area is 154 Å². The summed E-state index contributed by atoms with van der Waals surface area (Å²) in [5.74, 6) is -0.921. The first kappa shape index (κ1) is 18.4. The van der Waals surface area contributed by atoms with Crippen LogP contribution in [-0.2, 0) is 9.31 Å². The van der Waals surface area contributed by atoms with Crippen LogP contribution in [0.3, 0.4) is 0 Å². The van der Waals surface area contributed by atoms with Gasteiger partial charge in [-0.25, -0.2) is 4.79 Å². The van der Waals surface area contributed by atoms with Gasteiger partial charge in [-0.2, -0.15) is 0 Å². The molecule has 5 heteroatoms. The molecule has 3 rings (SSSR count). The molecule has 0 atom stereocenters. The van der Waals surface area contributed by atoms with Crippen LogP contribution in [0.1, 0.15) is 49.2 Å². The van der Waals surface area contributed by atoms with Crippen LogP contribution < -0.4 is 5.46 Å². The Hall–Kier alpha value is -2.37. The minimum absolute atomic E-state index is 0.282. The summed E-state index contributed by atoms with van der Waals surface area (Å²) in [6, 6.07) is 14.8. The van der Waals surface area contributed by atoms with Crippen molar-refractivity contribution in [3.05, 3.63) is 65.2 Å². The number of benzene rings is 2. The number of hydrogen-bond acceptors (Lipinski definition) is 3. The van der Waals surface area contributed by atoms with Crippen LogP contribution >= 0.6 is 0 Å². The van der Waals surface area contributed by atoms with E-state index < -0.39 is 5.97 Å². The van der Waals surface area contributed by atoms with E-state index in [0.29, 0.717) is 0 Å². The second-order valence-corrected chi connectivity index (χ2v) is 7.52. The van der Waals surface area contributed by atoms with E-state index in [-0.39, 0.29) is 23.9 Å². The smallest absolute Gasteiger partial charge is 0.478 e. The molecular formula is C21H23BO4. The van der Waals surface area contributed by atoms with Gasteiger partial charge in [0.25, 0.3) is 0 Å². The van der Waals surface area contributed by atoms with Gasteiger partial charge < -0.3 is 14.4 Å². The predicted octanol–water partition coefficient (Wildman–Crippen LogP) is 3.85. The molecule has 1 N–H and O–H groups in total. The first-order valence-electron chi connectivity index (χ1n) is 8.65. The number of carboxylic acids is 1. The van der Waals surface area contributed by atoms with E-state index in [9.17, 15) is 4.79 Å². The van der Waals surface area contributed by atoms with Gasteiger partial charge in [-0.1, -0.05) is 48.6 Å². The zero-order chi connectivity index (χ0) is 18.9. The van der Waals surface area contributed by atoms with Crippen molar-refractivity contribution in [1.82, 2.24) is 0 Å². The lowest BCUT2D eigenvalue weighted by molar-refractivity contribution is 0.00578. The molecule has 1 heterocycles. The fourth-order valence-electron chi connectivity index (χ4n) is 2.72. The van der Waals surface area contributed by atoms with Crippen LogP contribution in [0.2, 0.25) is 0 Å². The molecular weight excluding hydrogens is 327 g/mol. The summed E-state index contributed by atoms with van der Waals surface area (Å²) >= 11 is 0. The van der Waals surface area contributed by atoms with Gasteiger partial charge in [-0.05, 0) is 56.4 Å². The van der Waals surface area contributed by atoms with Crippen LogP contribution in [-0.4, -0.2) is 29.4 Å². The van der Waals surface area contributed by atoms with Crippen LogP contribution in [0.4, 0.5) is 0 Å². The zero-order valence-electron chi connectivity index (χ0n) is 15.5. The van der Waals surface area contributed by atoms with Crippen LogP contribution in [0.25, 0.3) is 12.2 Å². The SMILES string of the molecule is CC1(C)OB(c2cccc(/C=C/c3ccc(C(=O)O)cc3)c2)OC1(C)C. The lowest BCUT2D eigenvalue weighted by Crippen LogP contribution is -2.41. The number of carboxylic acid groups (broad SMARTS) is 1. The maximum absolute atomic E-state index is 10.9. The summed E-state index contributed by atoms with van der Waals surface area (Å²) in [5.41, 5.74) is 2.50. The van der Waals surface area contributed by atoms with E-state index in [4.69, 9.17) is 14.4 Å². The molecule has 0 bridgehead atoms. The van der Waals surface area contributed by atoms with Crippen LogP contribution in [0, 0.1) is 0 Å². The Kier molecular flexibility index (Phi) is 4.78. The van der Waals surface area contributed by atoms with E-state index in [0.717, 1.165) is 16.6 Å². The molecule has 0 radical (unpaired) electrons. The van der Waals surface area contributed by atoms with Crippen molar-refractivity contribution < 1.29 is 19.2 Å². The zero-order valence-corrected chi connectivity index (χ0v) is 15.5. The maximum atomic E-state index is 10.9. The summed E-state index contributed by atoms with van der Waals surface area (Å²) in [6.45, 7) is 8.16. The molecule has 0 aliphatic carbocycles. The topological polar surface area (TPSA) is 55.8 Å². The molecule has 0 saturated carbocycles. The molecule has 0 aromatic heterocycles. The normalized spacial score (nSPS) is 18.4. The molecule has 1 fully saturated rings. The van der Waals surface area contributed by atoms with E-state index in [2.05, 4.69) is 0 Å². The van der Waals surface area contributed by atoms with Crippen molar-refractivity contribution in [3.8, 4) is 0 Å². The van der Waals surface area contributed by atoms with E-state index in [1.807, 2.05) is 64.1 Å². The van der Waals surface area contributed by atoms with Gasteiger partial charge in [0, 0.05) is 0 Å². The van der Waals surface area contributed by atoms with Gasteiger partial charge >= 0.3 is 13.1 Å². The lowest BCUT2D eigenvalue weighted by Gasteiger charge is -2.32. The number of rotatable bonds is 4. The van der Waals surface area contributed by atoms with Crippen molar-refractivity contribution in [2.45, 2.75) is 38.9 Å². The van der Waals surface area contributed by atoms with Gasteiger partial charge in [-0.3, -0.25) is 0 Å². The average molecular weight is 350 g/mol. The largest absolute Gasteiger partial charge is 0.494 e. The molecule has 2 aromatic carbocycles. The fourth-order valence-corrected chi connectivity index (χ4v) is 2.72. The molecule has 1 aliphatic rings. The second-order valence-electron chi connectivity index (χ2n) is 7.52. The molecule has 0 amide bonds. The third kappa shape index (κ3) is 3.74. The fraction of sp³-hybridized carbons (Fsp3) is 0.286. The van der Waals surface area contributed by atoms with Crippen molar-refractivity contribution >= 4 is 30.7 Å². The van der Waals surface area contributed by atoms with Crippen molar-refractivity contribution in [2.75, 3.05) is 0 Å². The van der Waals surface area contributed by atoms with E-state index in [1.54, 1.807) is 24.3 Å². The molecule has 1 aliphatic heterocycles. The maximum Gasteiger partial charge on any atom is 0.494 e. The highest BCUT2D eigenvalue weighted by Crippen LogP contribution is 2.36. The van der Waals surface area contributed by atoms with Gasteiger partial charge in [0.05, 0.1) is 16.8 Å². The number of carbonyl (C=O) groups is 1. The minimum Gasteiger partial charge on any atom is -0.478 e. The van der Waals surface area contributed by atoms with Gasteiger partial charge in [0.1, 0.15) is 0 Å². The molecule has 0 unspecified atom stereocenters. The average Bonchev–Trinajstić information content (AvgIpc) is 2.81. The van der Waals surface area contributed by atoms with Crippen molar-refractivity contribution in [1.29, 1.82) is 0 Å². The summed E-state index contributed by atoms with van der Waals surface area (Å²) in [6.07, 6.45) is 3.94. The predicted molar refractivity (Wildman–Crippen MR) is 104 cm³/mol. The minimum atomic E-state index is -0.921. The Balaban J connectivity index is 1.77. The van der Waals surface area contributed by atoms with Gasteiger partial charge in [0.2, 0.25) is 0 Å². The van der Waals surface area contributed by atoms with Gasteiger partial charge in [0.15, 0.2) is 0 Å². The highest BCUT2D eigenvalue weighted by molar-refractivity contribution is 6.62. The highest BCUT2D eigenvalue weighted by atomic mass is 16.7. The third-order valence-electron chi connectivity index (χ3n) is 5.06. The highest BCUT2D eigenvalue weighted by Gasteiger charge is 2.51. The van der Waals surface area contributed by atoms with E-state index >= 15 is 0 Å². The standard InChI is InChI=1S/C21H23BO4/c1-20(2)21(3,4)26-22(25-20)18-7-5-6-16(14-18)9-8-15-10-12-17(13-11-15)19(23)24/h5-14H,1-4H3,(H,23,24)/b9-8+. The summed E-state index contributed by atoms with van der Waals surface area (Å²) in [4.78, 5) is 10.9. The summed E-state index contributed by atoms with van der Waals surface area (Å²) in [7, 11) is -0.386. The van der Waals surface area contributed by atoms with Crippen LogP contribution in [0.15, 0.2) is 48.5 Å². The first-order chi connectivity index (χ1) is 12.2. The number of hydrogen-bond donors (Lipinski definition) is 1. The van der Waals surface area contributed by atoms with Crippen LogP contribution in [0.5, 0.6) is 0 Å². The summed E-state index contributed by atoms with van der Waals surface area (Å²) < 4.78 is 12.2. The quantitative estimate of drug-likeness (QED) is 0.672. The second kappa shape index (κ2) is 6.74. The molecule has 4 nitrogen and oxygen atoms in total. The third-order valence-corrected chi connectivity index (χ3v) is 5.06. The van der Waals surface area contributed by atoms with Crippen molar-refractivity contribution in [3.63, 3.8) is 0 Å². The van der Waals surface area contributed by atoms with Crippen molar-refractivity contribution in [2.24, 2.45) is 0 Å². The monoisotopic (exact) mass is 350 g/mol. The summed E-state index contributed by atoms with van der Waals surface area (Å²) in [5, 5.41) is 8.95. The molecule has 134 valence electrons. The Morgan fingerprint density at radius 1 is 0.923 bits per heavy atom. The molecule has 26 heavy (non-hydrogen) atoms. The lowest BCUT2D eigenvalue weighted by atomic mass is 9.78. The van der Waals surface area contributed by atoms with Gasteiger partial charge in [-0.15, -0.1) is 0 Å². The number of aromatic carboxylic acids is 1. The molecule has 1 saturated heterocycles. The van der Waals surface area contributed by atoms with E-state index in [1.165, 1.54) is 0 Å². The molecule has 0 spiro atoms. The first-order valence-corrected chi connectivity index (χ1v) is 8.65. The Bertz CT molecular complexity index is 821. The Morgan fingerprint density at radius 2 is 1.50 bits per heavy atom.